The molecule has 3 aromatic rings. The van der Waals surface area contributed by atoms with E-state index in [1.165, 1.54) is 11.1 Å². The van der Waals surface area contributed by atoms with E-state index in [4.69, 9.17) is 9.47 Å². The molecule has 0 bridgehead atoms. The van der Waals surface area contributed by atoms with E-state index in [-0.39, 0.29) is 12.0 Å². The molecular formula is C26H27NO3. The van der Waals surface area contributed by atoms with Gasteiger partial charge in [-0.25, -0.2) is 0 Å². The molecule has 0 radical (unpaired) electrons. The maximum atomic E-state index is 12.6. The van der Waals surface area contributed by atoms with Gasteiger partial charge >= 0.3 is 5.97 Å². The Kier molecular flexibility index (Phi) is 6.45. The summed E-state index contributed by atoms with van der Waals surface area (Å²) in [4.78, 5) is 14.9. The lowest BCUT2D eigenvalue weighted by molar-refractivity contribution is -0.150. The van der Waals surface area contributed by atoms with Gasteiger partial charge in [0.2, 0.25) is 0 Å². The van der Waals surface area contributed by atoms with Gasteiger partial charge in [-0.3, -0.25) is 9.69 Å². The second-order valence-corrected chi connectivity index (χ2v) is 7.57. The Bertz CT molecular complexity index is 986. The highest BCUT2D eigenvalue weighted by molar-refractivity contribution is 5.76. The Balaban J connectivity index is 1.49. The summed E-state index contributed by atoms with van der Waals surface area (Å²) in [5.74, 6) is 0.685. The van der Waals surface area contributed by atoms with Gasteiger partial charge in [0.1, 0.15) is 18.4 Å². The van der Waals surface area contributed by atoms with Gasteiger partial charge in [0.15, 0.2) is 0 Å². The van der Waals surface area contributed by atoms with Gasteiger partial charge in [0.05, 0.1) is 6.61 Å². The summed E-state index contributed by atoms with van der Waals surface area (Å²) in [6.45, 7) is 4.18. The Morgan fingerprint density at radius 1 is 0.933 bits per heavy atom. The first kappa shape index (κ1) is 20.2. The summed E-state index contributed by atoms with van der Waals surface area (Å²) < 4.78 is 11.4. The number of nitrogens with zero attached hydrogens (tertiary/aromatic N) is 1. The largest absolute Gasteiger partial charge is 0.489 e. The second kappa shape index (κ2) is 9.59. The van der Waals surface area contributed by atoms with E-state index in [0.717, 1.165) is 23.4 Å². The molecule has 0 saturated carbocycles. The van der Waals surface area contributed by atoms with Crippen molar-refractivity contribution < 1.29 is 14.3 Å². The van der Waals surface area contributed by atoms with Crippen molar-refractivity contribution in [3.05, 3.63) is 101 Å². The van der Waals surface area contributed by atoms with Crippen molar-refractivity contribution >= 4 is 5.97 Å². The predicted molar refractivity (Wildman–Crippen MR) is 117 cm³/mol. The standard InChI is InChI=1S/C26H27NO3/c1-2-29-26(28)25-16-22-12-6-7-13-23(22)18-27(25)17-21-11-8-14-24(15-21)30-19-20-9-4-3-5-10-20/h3-15,25H,2,16-19H2,1H3. The van der Waals surface area contributed by atoms with E-state index in [1.807, 2.05) is 43.3 Å². The van der Waals surface area contributed by atoms with Crippen LogP contribution in [-0.2, 0) is 35.6 Å². The first-order chi connectivity index (χ1) is 14.7. The van der Waals surface area contributed by atoms with E-state index in [0.29, 0.717) is 26.2 Å². The van der Waals surface area contributed by atoms with Crippen LogP contribution in [0.2, 0.25) is 0 Å². The fourth-order valence-electron chi connectivity index (χ4n) is 3.92. The summed E-state index contributed by atoms with van der Waals surface area (Å²) in [5.41, 5.74) is 4.76. The zero-order chi connectivity index (χ0) is 20.8. The molecule has 1 atom stereocenters. The highest BCUT2D eigenvalue weighted by atomic mass is 16.5. The van der Waals surface area contributed by atoms with E-state index >= 15 is 0 Å². The molecule has 3 aromatic carbocycles. The van der Waals surface area contributed by atoms with Crippen molar-refractivity contribution in [2.24, 2.45) is 0 Å². The molecule has 4 nitrogen and oxygen atoms in total. The van der Waals surface area contributed by atoms with Crippen molar-refractivity contribution in [1.29, 1.82) is 0 Å². The zero-order valence-corrected chi connectivity index (χ0v) is 17.3. The molecule has 1 aliphatic heterocycles. The van der Waals surface area contributed by atoms with Crippen molar-refractivity contribution in [2.75, 3.05) is 6.61 Å². The van der Waals surface area contributed by atoms with Crippen molar-refractivity contribution in [3.8, 4) is 5.75 Å². The summed E-state index contributed by atoms with van der Waals surface area (Å²) in [7, 11) is 0. The molecular weight excluding hydrogens is 374 g/mol. The number of hydrogen-bond acceptors (Lipinski definition) is 4. The van der Waals surface area contributed by atoms with Crippen LogP contribution in [0.1, 0.15) is 29.2 Å². The van der Waals surface area contributed by atoms with E-state index in [2.05, 4.69) is 47.4 Å². The molecule has 0 saturated heterocycles. The minimum absolute atomic E-state index is 0.150. The maximum absolute atomic E-state index is 12.6. The molecule has 4 rings (SSSR count). The van der Waals surface area contributed by atoms with E-state index < -0.39 is 0 Å². The smallest absolute Gasteiger partial charge is 0.323 e. The number of ether oxygens (including phenoxy) is 2. The second-order valence-electron chi connectivity index (χ2n) is 7.57. The molecule has 0 amide bonds. The molecule has 4 heteroatoms. The monoisotopic (exact) mass is 401 g/mol. The first-order valence-electron chi connectivity index (χ1n) is 10.5. The Morgan fingerprint density at radius 2 is 1.67 bits per heavy atom. The van der Waals surface area contributed by atoms with Gasteiger partial charge in [-0.1, -0.05) is 66.7 Å². The van der Waals surface area contributed by atoms with E-state index in [9.17, 15) is 4.79 Å². The number of hydrogen-bond donors (Lipinski definition) is 0. The Labute approximate surface area is 178 Å². The van der Waals surface area contributed by atoms with Crippen LogP contribution >= 0.6 is 0 Å². The van der Waals surface area contributed by atoms with Crippen LogP contribution in [0, 0.1) is 0 Å². The lowest BCUT2D eigenvalue weighted by Crippen LogP contribution is -2.45. The molecule has 0 aromatic heterocycles. The molecule has 1 heterocycles. The third kappa shape index (κ3) is 4.89. The van der Waals surface area contributed by atoms with Crippen molar-refractivity contribution in [1.82, 2.24) is 4.90 Å². The van der Waals surface area contributed by atoms with Gasteiger partial charge in [-0.15, -0.1) is 0 Å². The van der Waals surface area contributed by atoms with Gasteiger partial charge in [0, 0.05) is 13.1 Å². The quantitative estimate of drug-likeness (QED) is 0.535. The first-order valence-corrected chi connectivity index (χ1v) is 10.5. The molecule has 30 heavy (non-hydrogen) atoms. The number of carbonyl (C=O) groups excluding carboxylic acids is 1. The minimum Gasteiger partial charge on any atom is -0.489 e. The van der Waals surface area contributed by atoms with Gasteiger partial charge in [0.25, 0.3) is 0 Å². The third-order valence-electron chi connectivity index (χ3n) is 5.44. The molecule has 0 spiro atoms. The summed E-state index contributed by atoms with van der Waals surface area (Å²) in [6.07, 6.45) is 0.680. The average molecular weight is 402 g/mol. The van der Waals surface area contributed by atoms with E-state index in [1.54, 1.807) is 0 Å². The fraction of sp³-hybridized carbons (Fsp3) is 0.269. The third-order valence-corrected chi connectivity index (χ3v) is 5.44. The summed E-state index contributed by atoms with van der Waals surface area (Å²) in [6, 6.07) is 26.3. The maximum Gasteiger partial charge on any atom is 0.323 e. The van der Waals surface area contributed by atoms with Crippen LogP contribution in [0.5, 0.6) is 5.75 Å². The fourth-order valence-corrected chi connectivity index (χ4v) is 3.92. The lowest BCUT2D eigenvalue weighted by atomic mass is 9.93. The molecule has 1 aliphatic rings. The highest BCUT2D eigenvalue weighted by Gasteiger charge is 2.32. The predicted octanol–water partition coefficient (Wildman–Crippen LogP) is 4.76. The van der Waals surface area contributed by atoms with Crippen molar-refractivity contribution in [2.45, 2.75) is 39.1 Å². The van der Waals surface area contributed by atoms with Gasteiger partial charge in [-0.2, -0.15) is 0 Å². The van der Waals surface area contributed by atoms with Crippen LogP contribution in [-0.4, -0.2) is 23.5 Å². The minimum atomic E-state index is -0.270. The number of fused-ring (bicyclic) bond motifs is 1. The SMILES string of the molecule is CCOC(=O)C1Cc2ccccc2CN1Cc1cccc(OCc2ccccc2)c1. The van der Waals surface area contributed by atoms with Crippen LogP contribution < -0.4 is 4.74 Å². The Morgan fingerprint density at radius 3 is 2.47 bits per heavy atom. The van der Waals surface area contributed by atoms with Gasteiger partial charge < -0.3 is 9.47 Å². The van der Waals surface area contributed by atoms with Crippen LogP contribution in [0.25, 0.3) is 0 Å². The average Bonchev–Trinajstić information content (AvgIpc) is 2.78. The van der Waals surface area contributed by atoms with Crippen molar-refractivity contribution in [3.63, 3.8) is 0 Å². The topological polar surface area (TPSA) is 38.8 Å². The summed E-state index contributed by atoms with van der Waals surface area (Å²) >= 11 is 0. The van der Waals surface area contributed by atoms with Crippen LogP contribution in [0.4, 0.5) is 0 Å². The molecule has 0 N–H and O–H groups in total. The molecule has 0 fully saturated rings. The molecule has 1 unspecified atom stereocenters. The Hall–Kier alpha value is -3.11. The normalized spacial score (nSPS) is 16.0. The van der Waals surface area contributed by atoms with Crippen LogP contribution in [0.3, 0.4) is 0 Å². The molecule has 154 valence electrons. The number of rotatable bonds is 7. The van der Waals surface area contributed by atoms with Gasteiger partial charge in [-0.05, 0) is 47.7 Å². The van der Waals surface area contributed by atoms with Crippen LogP contribution in [0.15, 0.2) is 78.9 Å². The number of benzene rings is 3. The highest BCUT2D eigenvalue weighted by Crippen LogP contribution is 2.26. The molecule has 0 aliphatic carbocycles. The number of esters is 1. The lowest BCUT2D eigenvalue weighted by Gasteiger charge is -2.35. The number of carbonyl (C=O) groups is 1. The summed E-state index contributed by atoms with van der Waals surface area (Å²) in [5, 5.41) is 0. The zero-order valence-electron chi connectivity index (χ0n) is 17.3.